The van der Waals surface area contributed by atoms with Crippen molar-refractivity contribution < 1.29 is 9.53 Å². The van der Waals surface area contributed by atoms with E-state index in [4.69, 9.17) is 4.74 Å². The number of nitrogens with zero attached hydrogens (tertiary/aromatic N) is 3. The third-order valence-corrected chi connectivity index (χ3v) is 6.49. The normalized spacial score (nSPS) is 10.7. The molecule has 30 heavy (non-hydrogen) atoms. The number of aromatic nitrogens is 3. The molecular formula is C21H17BrN4O2S2. The van der Waals surface area contributed by atoms with E-state index in [-0.39, 0.29) is 11.7 Å². The molecule has 6 nitrogen and oxygen atoms in total. The molecule has 0 unspecified atom stereocenters. The van der Waals surface area contributed by atoms with Gasteiger partial charge < -0.3 is 10.1 Å². The number of halogens is 1. The number of carbonyl (C=O) groups excluding carboxylic acids is 1. The fourth-order valence-electron chi connectivity index (χ4n) is 2.75. The van der Waals surface area contributed by atoms with Crippen LogP contribution in [0.4, 0.5) is 5.69 Å². The first kappa shape index (κ1) is 20.6. The number of thiophene rings is 1. The predicted octanol–water partition coefficient (Wildman–Crippen LogP) is 5.50. The largest absolute Gasteiger partial charge is 0.497 e. The summed E-state index contributed by atoms with van der Waals surface area (Å²) in [5.41, 5.74) is 1.65. The van der Waals surface area contributed by atoms with Crippen molar-refractivity contribution in [2.45, 2.75) is 5.16 Å². The smallest absolute Gasteiger partial charge is 0.234 e. The van der Waals surface area contributed by atoms with Crippen molar-refractivity contribution in [2.75, 3.05) is 18.2 Å². The third kappa shape index (κ3) is 4.75. The average Bonchev–Trinajstić information content (AvgIpc) is 3.44. The quantitative estimate of drug-likeness (QED) is 0.339. The van der Waals surface area contributed by atoms with E-state index >= 15 is 0 Å². The topological polar surface area (TPSA) is 69.0 Å². The minimum Gasteiger partial charge on any atom is -0.497 e. The van der Waals surface area contributed by atoms with E-state index in [9.17, 15) is 4.79 Å². The molecule has 2 aromatic heterocycles. The molecule has 0 aliphatic heterocycles. The number of hydrogen-bond donors (Lipinski definition) is 1. The molecule has 0 bridgehead atoms. The van der Waals surface area contributed by atoms with Crippen LogP contribution in [0.2, 0.25) is 0 Å². The van der Waals surface area contributed by atoms with Gasteiger partial charge in [0.05, 0.1) is 23.4 Å². The summed E-state index contributed by atoms with van der Waals surface area (Å²) in [6.07, 6.45) is 0. The minimum atomic E-state index is -0.107. The molecule has 4 aromatic rings. The number of ether oxygens (including phenoxy) is 1. The van der Waals surface area contributed by atoms with E-state index in [1.165, 1.54) is 11.8 Å². The molecule has 2 heterocycles. The highest BCUT2D eigenvalue weighted by molar-refractivity contribution is 9.10. The van der Waals surface area contributed by atoms with Crippen LogP contribution in [0, 0.1) is 0 Å². The Balaban J connectivity index is 1.56. The van der Waals surface area contributed by atoms with Crippen LogP contribution in [0.3, 0.4) is 0 Å². The summed E-state index contributed by atoms with van der Waals surface area (Å²) in [6.45, 7) is 0. The number of hydrogen-bond acceptors (Lipinski definition) is 6. The van der Waals surface area contributed by atoms with Gasteiger partial charge in [0.25, 0.3) is 0 Å². The number of anilines is 1. The number of benzene rings is 2. The molecule has 152 valence electrons. The van der Waals surface area contributed by atoms with Crippen LogP contribution in [-0.2, 0) is 4.79 Å². The van der Waals surface area contributed by atoms with Gasteiger partial charge in [-0.25, -0.2) is 0 Å². The van der Waals surface area contributed by atoms with Crippen molar-refractivity contribution in [3.05, 3.63) is 70.5 Å². The van der Waals surface area contributed by atoms with Crippen LogP contribution in [0.25, 0.3) is 16.4 Å². The van der Waals surface area contributed by atoms with E-state index in [0.29, 0.717) is 5.16 Å². The Morgan fingerprint density at radius 1 is 1.13 bits per heavy atom. The first-order valence-corrected chi connectivity index (χ1v) is 11.6. The Kier molecular flexibility index (Phi) is 6.51. The molecular weight excluding hydrogens is 484 g/mol. The zero-order valence-electron chi connectivity index (χ0n) is 15.9. The summed E-state index contributed by atoms with van der Waals surface area (Å²) < 4.78 is 8.19. The van der Waals surface area contributed by atoms with E-state index in [1.807, 2.05) is 70.6 Å². The standard InChI is InChI=1S/C21H17BrN4O2S2/c1-28-17-10-8-16(9-11-17)26-20(18-3-2-12-29-18)24-25-21(26)30-13-19(27)23-15-6-4-14(22)5-7-15/h2-12H,13H2,1H3,(H,23,27). The molecule has 1 amide bonds. The van der Waals surface area contributed by atoms with Gasteiger partial charge in [-0.2, -0.15) is 0 Å². The van der Waals surface area contributed by atoms with Crippen LogP contribution < -0.4 is 10.1 Å². The molecule has 0 atom stereocenters. The lowest BCUT2D eigenvalue weighted by atomic mass is 10.3. The highest BCUT2D eigenvalue weighted by Gasteiger charge is 2.18. The first-order valence-electron chi connectivity index (χ1n) is 8.96. The van der Waals surface area contributed by atoms with Crippen LogP contribution in [0.15, 0.2) is 75.7 Å². The Hall–Kier alpha value is -2.62. The van der Waals surface area contributed by atoms with Gasteiger partial charge in [-0.1, -0.05) is 33.8 Å². The Morgan fingerprint density at radius 3 is 2.57 bits per heavy atom. The molecule has 0 saturated heterocycles. The molecule has 4 rings (SSSR count). The molecule has 0 radical (unpaired) electrons. The number of nitrogens with one attached hydrogen (secondary N) is 1. The van der Waals surface area contributed by atoms with Gasteiger partial charge >= 0.3 is 0 Å². The summed E-state index contributed by atoms with van der Waals surface area (Å²) >= 11 is 6.32. The molecule has 1 N–H and O–H groups in total. The van der Waals surface area contributed by atoms with E-state index in [1.54, 1.807) is 18.4 Å². The highest BCUT2D eigenvalue weighted by atomic mass is 79.9. The van der Waals surface area contributed by atoms with Gasteiger partial charge in [0, 0.05) is 10.2 Å². The molecule has 0 saturated carbocycles. The van der Waals surface area contributed by atoms with Gasteiger partial charge in [-0.3, -0.25) is 9.36 Å². The van der Waals surface area contributed by atoms with Crippen molar-refractivity contribution in [1.82, 2.24) is 14.8 Å². The van der Waals surface area contributed by atoms with E-state index < -0.39 is 0 Å². The summed E-state index contributed by atoms with van der Waals surface area (Å²) in [5.74, 6) is 1.62. The third-order valence-electron chi connectivity index (χ3n) is 4.17. The molecule has 9 heteroatoms. The Bertz CT molecular complexity index is 1130. The summed E-state index contributed by atoms with van der Waals surface area (Å²) in [7, 11) is 1.64. The number of rotatable bonds is 7. The van der Waals surface area contributed by atoms with E-state index in [0.717, 1.165) is 32.3 Å². The van der Waals surface area contributed by atoms with Crippen LogP contribution in [0.1, 0.15) is 0 Å². The summed E-state index contributed by atoms with van der Waals surface area (Å²) in [5, 5.41) is 14.3. The van der Waals surface area contributed by atoms with Gasteiger partial charge in [0.1, 0.15) is 5.75 Å². The fraction of sp³-hybridized carbons (Fsp3) is 0.0952. The molecule has 0 aliphatic rings. The van der Waals surface area contributed by atoms with Crippen LogP contribution >= 0.6 is 39.0 Å². The maximum atomic E-state index is 12.4. The van der Waals surface area contributed by atoms with Crippen LogP contribution in [-0.4, -0.2) is 33.5 Å². The van der Waals surface area contributed by atoms with Crippen molar-refractivity contribution >= 4 is 50.6 Å². The zero-order valence-corrected chi connectivity index (χ0v) is 19.1. The van der Waals surface area contributed by atoms with Gasteiger partial charge in [0.15, 0.2) is 11.0 Å². The second-order valence-corrected chi connectivity index (χ2v) is 8.97. The monoisotopic (exact) mass is 500 g/mol. The van der Waals surface area contributed by atoms with Crippen molar-refractivity contribution in [1.29, 1.82) is 0 Å². The lowest BCUT2D eigenvalue weighted by Crippen LogP contribution is -2.14. The maximum Gasteiger partial charge on any atom is 0.234 e. The van der Waals surface area contributed by atoms with Gasteiger partial charge in [-0.15, -0.1) is 21.5 Å². The molecule has 0 fully saturated rings. The van der Waals surface area contributed by atoms with Crippen molar-refractivity contribution in [3.8, 4) is 22.1 Å². The first-order chi connectivity index (χ1) is 14.6. The van der Waals surface area contributed by atoms with Gasteiger partial charge in [-0.05, 0) is 60.0 Å². The number of methoxy groups -OCH3 is 1. The number of amides is 1. The molecule has 0 aliphatic carbocycles. The number of carbonyl (C=O) groups is 1. The molecule has 2 aromatic carbocycles. The van der Waals surface area contributed by atoms with Gasteiger partial charge in [0.2, 0.25) is 5.91 Å². The highest BCUT2D eigenvalue weighted by Crippen LogP contribution is 2.31. The van der Waals surface area contributed by atoms with Crippen molar-refractivity contribution in [3.63, 3.8) is 0 Å². The number of thioether (sulfide) groups is 1. The lowest BCUT2D eigenvalue weighted by molar-refractivity contribution is -0.113. The minimum absolute atomic E-state index is 0.107. The Morgan fingerprint density at radius 2 is 1.90 bits per heavy atom. The second kappa shape index (κ2) is 9.46. The summed E-state index contributed by atoms with van der Waals surface area (Å²) in [4.78, 5) is 13.4. The lowest BCUT2D eigenvalue weighted by Gasteiger charge is -2.10. The SMILES string of the molecule is COc1ccc(-n2c(SCC(=O)Nc3ccc(Br)cc3)nnc2-c2cccs2)cc1. The molecule has 0 spiro atoms. The zero-order chi connectivity index (χ0) is 20.9. The second-order valence-electron chi connectivity index (χ2n) is 6.16. The van der Waals surface area contributed by atoms with E-state index in [2.05, 4.69) is 31.4 Å². The van der Waals surface area contributed by atoms with Crippen LogP contribution in [0.5, 0.6) is 5.75 Å². The summed E-state index contributed by atoms with van der Waals surface area (Å²) in [6, 6.07) is 19.1. The Labute approximate surface area is 190 Å². The fourth-order valence-corrected chi connectivity index (χ4v) is 4.47. The maximum absolute atomic E-state index is 12.4. The predicted molar refractivity (Wildman–Crippen MR) is 125 cm³/mol. The van der Waals surface area contributed by atoms with Crippen molar-refractivity contribution in [2.24, 2.45) is 0 Å². The average molecular weight is 501 g/mol.